The second-order valence-corrected chi connectivity index (χ2v) is 7.70. The van der Waals surface area contributed by atoms with Crippen LogP contribution in [0.25, 0.3) is 11.6 Å². The summed E-state index contributed by atoms with van der Waals surface area (Å²) in [5.74, 6) is 1.15. The lowest BCUT2D eigenvalue weighted by Gasteiger charge is -2.23. The number of carbonyl (C=O) groups is 1. The number of benzene rings is 2. The summed E-state index contributed by atoms with van der Waals surface area (Å²) < 4.78 is 0. The van der Waals surface area contributed by atoms with Crippen molar-refractivity contribution in [1.29, 1.82) is 0 Å². The fraction of sp³-hybridized carbons (Fsp3) is 0.286. The predicted octanol–water partition coefficient (Wildman–Crippen LogP) is 4.90. The van der Waals surface area contributed by atoms with Crippen molar-refractivity contribution in [1.82, 2.24) is 4.90 Å². The van der Waals surface area contributed by atoms with E-state index in [1.165, 1.54) is 4.90 Å². The largest absolute Gasteiger partial charge is 0.349 e. The van der Waals surface area contributed by atoms with Crippen molar-refractivity contribution < 1.29 is 4.79 Å². The van der Waals surface area contributed by atoms with Crippen LogP contribution in [0.5, 0.6) is 0 Å². The number of amides is 1. The van der Waals surface area contributed by atoms with E-state index in [0.29, 0.717) is 6.42 Å². The molecule has 1 amide bonds. The number of anilines is 2. The van der Waals surface area contributed by atoms with Gasteiger partial charge in [0.25, 0.3) is 0 Å². The quantitative estimate of drug-likeness (QED) is 0.731. The first-order valence-corrected chi connectivity index (χ1v) is 9.50. The fourth-order valence-corrected chi connectivity index (χ4v) is 3.80. The van der Waals surface area contributed by atoms with E-state index >= 15 is 0 Å². The van der Waals surface area contributed by atoms with E-state index in [2.05, 4.69) is 61.3 Å². The van der Waals surface area contributed by atoms with Crippen molar-refractivity contribution in [2.75, 3.05) is 31.8 Å². The van der Waals surface area contributed by atoms with Gasteiger partial charge in [0.15, 0.2) is 0 Å². The van der Waals surface area contributed by atoms with E-state index in [1.807, 2.05) is 31.9 Å². The molecule has 3 rings (SSSR count). The normalized spacial score (nSPS) is 12.8. The van der Waals surface area contributed by atoms with Gasteiger partial charge in [0.05, 0.1) is 6.42 Å². The molecule has 3 nitrogen and oxygen atoms in total. The standard InChI is InChI=1S/C21H24N2OS/c1-5-25-17-10-11-20-18(14-17)16(13-21(24)22(2)3)12-15-8-6-7-9-19(15)23(20)4/h6-12,14H,5,13H2,1-4H3. The zero-order chi connectivity index (χ0) is 18.0. The molecule has 4 heteroatoms. The average molecular weight is 353 g/mol. The van der Waals surface area contributed by atoms with E-state index in [9.17, 15) is 4.79 Å². The lowest BCUT2D eigenvalue weighted by molar-refractivity contribution is -0.127. The Morgan fingerprint density at radius 1 is 1.12 bits per heavy atom. The Kier molecular flexibility index (Phi) is 5.19. The second kappa shape index (κ2) is 7.36. The molecule has 0 N–H and O–H groups in total. The van der Waals surface area contributed by atoms with Gasteiger partial charge in [-0.05, 0) is 47.2 Å². The minimum Gasteiger partial charge on any atom is -0.349 e. The fourth-order valence-electron chi connectivity index (χ4n) is 3.10. The van der Waals surface area contributed by atoms with Gasteiger partial charge >= 0.3 is 0 Å². The highest BCUT2D eigenvalue weighted by molar-refractivity contribution is 7.99. The average Bonchev–Trinajstić information content (AvgIpc) is 2.71. The van der Waals surface area contributed by atoms with E-state index in [4.69, 9.17) is 0 Å². The smallest absolute Gasteiger partial charge is 0.226 e. The molecular formula is C21H24N2OS. The van der Waals surface area contributed by atoms with Crippen molar-refractivity contribution >= 4 is 40.7 Å². The van der Waals surface area contributed by atoms with Crippen molar-refractivity contribution in [3.05, 3.63) is 53.6 Å². The molecule has 1 heterocycles. The van der Waals surface area contributed by atoms with Crippen LogP contribution in [0, 0.1) is 0 Å². The van der Waals surface area contributed by atoms with Gasteiger partial charge in [-0.1, -0.05) is 25.1 Å². The van der Waals surface area contributed by atoms with Crippen molar-refractivity contribution in [2.24, 2.45) is 0 Å². The summed E-state index contributed by atoms with van der Waals surface area (Å²) in [6, 6.07) is 14.9. The second-order valence-electron chi connectivity index (χ2n) is 6.36. The molecule has 2 aromatic carbocycles. The Labute approximate surface area is 154 Å². The Bertz CT molecular complexity index is 826. The summed E-state index contributed by atoms with van der Waals surface area (Å²) in [5, 5.41) is 0. The van der Waals surface area contributed by atoms with E-state index in [-0.39, 0.29) is 5.91 Å². The number of thioether (sulfide) groups is 1. The molecule has 1 aliphatic rings. The first-order valence-electron chi connectivity index (χ1n) is 8.52. The number of hydrogen-bond acceptors (Lipinski definition) is 3. The number of carbonyl (C=O) groups excluding carboxylic acids is 1. The molecule has 25 heavy (non-hydrogen) atoms. The molecule has 0 fully saturated rings. The van der Waals surface area contributed by atoms with Gasteiger partial charge in [0, 0.05) is 43.0 Å². The summed E-state index contributed by atoms with van der Waals surface area (Å²) in [6.07, 6.45) is 2.57. The van der Waals surface area contributed by atoms with Crippen molar-refractivity contribution in [2.45, 2.75) is 18.2 Å². The lowest BCUT2D eigenvalue weighted by Crippen LogP contribution is -2.21. The Balaban J connectivity index is 2.17. The Hall–Kier alpha value is -2.20. The number of rotatable bonds is 4. The Morgan fingerprint density at radius 2 is 1.88 bits per heavy atom. The number of hydrogen-bond donors (Lipinski definition) is 0. The number of fused-ring (bicyclic) bond motifs is 2. The van der Waals surface area contributed by atoms with Gasteiger partial charge in [-0.25, -0.2) is 0 Å². The molecule has 0 aromatic heterocycles. The van der Waals surface area contributed by atoms with Crippen LogP contribution in [-0.4, -0.2) is 37.7 Å². The van der Waals surface area contributed by atoms with Gasteiger partial charge < -0.3 is 9.80 Å². The molecule has 0 saturated heterocycles. The van der Waals surface area contributed by atoms with Crippen LogP contribution < -0.4 is 4.90 Å². The SMILES string of the molecule is CCSc1ccc2c(c1)C(CC(=O)N(C)C)=Cc1ccccc1N2C. The zero-order valence-corrected chi connectivity index (χ0v) is 16.1. The highest BCUT2D eigenvalue weighted by Gasteiger charge is 2.21. The van der Waals surface area contributed by atoms with Crippen molar-refractivity contribution in [3.8, 4) is 0 Å². The van der Waals surface area contributed by atoms with Crippen LogP contribution in [0.1, 0.15) is 24.5 Å². The van der Waals surface area contributed by atoms with Crippen LogP contribution in [0.15, 0.2) is 47.4 Å². The van der Waals surface area contributed by atoms with Gasteiger partial charge in [-0.2, -0.15) is 0 Å². The molecule has 130 valence electrons. The number of nitrogens with zero attached hydrogens (tertiary/aromatic N) is 2. The molecule has 0 atom stereocenters. The Morgan fingerprint density at radius 3 is 2.60 bits per heavy atom. The third kappa shape index (κ3) is 3.59. The first kappa shape index (κ1) is 17.6. The lowest BCUT2D eigenvalue weighted by atomic mass is 9.99. The maximum Gasteiger partial charge on any atom is 0.226 e. The van der Waals surface area contributed by atoms with Crippen LogP contribution in [0.3, 0.4) is 0 Å². The third-order valence-corrected chi connectivity index (χ3v) is 5.33. The third-order valence-electron chi connectivity index (χ3n) is 4.45. The molecule has 0 aliphatic carbocycles. The summed E-state index contributed by atoms with van der Waals surface area (Å²) in [7, 11) is 5.71. The highest BCUT2D eigenvalue weighted by atomic mass is 32.2. The molecule has 0 spiro atoms. The van der Waals surface area contributed by atoms with Crippen LogP contribution in [0.2, 0.25) is 0 Å². The summed E-state index contributed by atoms with van der Waals surface area (Å²) in [4.78, 5) is 17.5. The molecular weight excluding hydrogens is 328 g/mol. The van der Waals surface area contributed by atoms with Crippen LogP contribution >= 0.6 is 11.8 Å². The topological polar surface area (TPSA) is 23.6 Å². The first-order chi connectivity index (χ1) is 12.0. The van der Waals surface area contributed by atoms with Gasteiger partial charge in [-0.3, -0.25) is 4.79 Å². The molecule has 0 saturated carbocycles. The zero-order valence-electron chi connectivity index (χ0n) is 15.2. The highest BCUT2D eigenvalue weighted by Crippen LogP contribution is 2.41. The molecule has 0 radical (unpaired) electrons. The maximum absolute atomic E-state index is 12.4. The van der Waals surface area contributed by atoms with Crippen LogP contribution in [-0.2, 0) is 4.79 Å². The monoisotopic (exact) mass is 352 g/mol. The number of para-hydroxylation sites is 1. The van der Waals surface area contributed by atoms with Crippen LogP contribution in [0.4, 0.5) is 11.4 Å². The summed E-state index contributed by atoms with van der Waals surface area (Å²) >= 11 is 1.83. The minimum absolute atomic E-state index is 0.118. The van der Waals surface area contributed by atoms with Gasteiger partial charge in [-0.15, -0.1) is 11.8 Å². The summed E-state index contributed by atoms with van der Waals surface area (Å²) in [6.45, 7) is 2.16. The molecule has 0 unspecified atom stereocenters. The van der Waals surface area contributed by atoms with Crippen molar-refractivity contribution in [3.63, 3.8) is 0 Å². The molecule has 0 bridgehead atoms. The molecule has 1 aliphatic heterocycles. The minimum atomic E-state index is 0.118. The van der Waals surface area contributed by atoms with E-state index in [0.717, 1.165) is 33.8 Å². The van der Waals surface area contributed by atoms with Gasteiger partial charge in [0.1, 0.15) is 0 Å². The predicted molar refractivity (Wildman–Crippen MR) is 109 cm³/mol. The van der Waals surface area contributed by atoms with E-state index < -0.39 is 0 Å². The molecule has 2 aromatic rings. The van der Waals surface area contributed by atoms with E-state index in [1.54, 1.807) is 4.90 Å². The van der Waals surface area contributed by atoms with Gasteiger partial charge in [0.2, 0.25) is 5.91 Å². The maximum atomic E-state index is 12.4. The summed E-state index contributed by atoms with van der Waals surface area (Å²) in [5.41, 5.74) is 5.67.